The van der Waals surface area contributed by atoms with Gasteiger partial charge in [0.1, 0.15) is 0 Å². The van der Waals surface area contributed by atoms with Gasteiger partial charge in [-0.3, -0.25) is 19.1 Å². The number of carbonyl (C=O) groups excluding carboxylic acids is 1. The molecule has 1 amide bonds. The largest absolute Gasteiger partial charge is 0.336 e. The van der Waals surface area contributed by atoms with Gasteiger partial charge in [-0.25, -0.2) is 0 Å². The highest BCUT2D eigenvalue weighted by molar-refractivity contribution is 5.94. The minimum Gasteiger partial charge on any atom is -0.336 e. The van der Waals surface area contributed by atoms with Crippen LogP contribution in [0.15, 0.2) is 42.7 Å². The third-order valence-electron chi connectivity index (χ3n) is 5.46. The van der Waals surface area contributed by atoms with E-state index in [4.69, 9.17) is 0 Å². The van der Waals surface area contributed by atoms with Crippen molar-refractivity contribution >= 4 is 5.91 Å². The van der Waals surface area contributed by atoms with Crippen LogP contribution in [0.25, 0.3) is 0 Å². The molecule has 29 heavy (non-hydrogen) atoms. The van der Waals surface area contributed by atoms with Crippen molar-refractivity contribution in [3.05, 3.63) is 70.8 Å². The van der Waals surface area contributed by atoms with Gasteiger partial charge in [-0.15, -0.1) is 0 Å². The summed E-state index contributed by atoms with van der Waals surface area (Å²) < 4.78 is 3.82. The molecule has 2 aromatic heterocycles. The zero-order valence-corrected chi connectivity index (χ0v) is 17.4. The van der Waals surface area contributed by atoms with Crippen molar-refractivity contribution in [2.75, 3.05) is 26.2 Å². The van der Waals surface area contributed by atoms with Gasteiger partial charge in [-0.2, -0.15) is 10.2 Å². The molecule has 1 aromatic carbocycles. The van der Waals surface area contributed by atoms with Crippen LogP contribution in [0.4, 0.5) is 0 Å². The molecule has 0 spiro atoms. The Kier molecular flexibility index (Phi) is 5.49. The summed E-state index contributed by atoms with van der Waals surface area (Å²) in [5.74, 6) is 0.115. The van der Waals surface area contributed by atoms with E-state index in [1.165, 1.54) is 5.56 Å². The third kappa shape index (κ3) is 4.56. The average molecular weight is 393 g/mol. The number of aryl methyl sites for hydroxylation is 3. The highest BCUT2D eigenvalue weighted by atomic mass is 16.2. The minimum absolute atomic E-state index is 0.115. The Morgan fingerprint density at radius 1 is 1.00 bits per heavy atom. The van der Waals surface area contributed by atoms with E-state index >= 15 is 0 Å². The van der Waals surface area contributed by atoms with Crippen LogP contribution in [0.1, 0.15) is 32.9 Å². The summed E-state index contributed by atoms with van der Waals surface area (Å²) in [5.41, 5.74) is 5.28. The Balaban J connectivity index is 1.32. The Labute approximate surface area is 171 Å². The summed E-state index contributed by atoms with van der Waals surface area (Å²) in [7, 11) is 1.93. The lowest BCUT2D eigenvalue weighted by Crippen LogP contribution is -2.48. The monoisotopic (exact) mass is 392 g/mol. The lowest BCUT2D eigenvalue weighted by molar-refractivity contribution is 0.0628. The molecule has 152 valence electrons. The molecule has 1 saturated heterocycles. The van der Waals surface area contributed by atoms with Gasteiger partial charge in [0.25, 0.3) is 5.91 Å². The van der Waals surface area contributed by atoms with Crippen molar-refractivity contribution in [2.24, 2.45) is 7.05 Å². The van der Waals surface area contributed by atoms with Crippen molar-refractivity contribution < 1.29 is 4.79 Å². The van der Waals surface area contributed by atoms with E-state index in [-0.39, 0.29) is 5.91 Å². The number of hydrogen-bond acceptors (Lipinski definition) is 4. The van der Waals surface area contributed by atoms with Gasteiger partial charge in [0, 0.05) is 62.8 Å². The van der Waals surface area contributed by atoms with Gasteiger partial charge >= 0.3 is 0 Å². The van der Waals surface area contributed by atoms with E-state index < -0.39 is 0 Å². The summed E-state index contributed by atoms with van der Waals surface area (Å²) in [6.07, 6.45) is 3.95. The Hall–Kier alpha value is -2.93. The second-order valence-electron chi connectivity index (χ2n) is 7.87. The first-order valence-corrected chi connectivity index (χ1v) is 10.1. The molecule has 0 unspecified atom stereocenters. The van der Waals surface area contributed by atoms with E-state index in [0.29, 0.717) is 0 Å². The van der Waals surface area contributed by atoms with Crippen molar-refractivity contribution in [3.63, 3.8) is 0 Å². The predicted molar refractivity (Wildman–Crippen MR) is 112 cm³/mol. The number of carbonyl (C=O) groups is 1. The maximum Gasteiger partial charge on any atom is 0.253 e. The first-order valence-electron chi connectivity index (χ1n) is 10.1. The maximum atomic E-state index is 12.9. The summed E-state index contributed by atoms with van der Waals surface area (Å²) in [5, 5.41) is 8.73. The van der Waals surface area contributed by atoms with E-state index in [1.54, 1.807) is 0 Å². The second kappa shape index (κ2) is 8.21. The molecular formula is C22H28N6O. The first kappa shape index (κ1) is 19.4. The lowest BCUT2D eigenvalue weighted by Gasteiger charge is -2.34. The molecule has 0 saturated carbocycles. The molecule has 7 nitrogen and oxygen atoms in total. The molecule has 1 fully saturated rings. The maximum absolute atomic E-state index is 12.9. The second-order valence-corrected chi connectivity index (χ2v) is 7.87. The number of nitrogens with zero attached hydrogens (tertiary/aromatic N) is 6. The zero-order valence-electron chi connectivity index (χ0n) is 17.4. The Morgan fingerprint density at radius 3 is 2.31 bits per heavy atom. The zero-order chi connectivity index (χ0) is 20.4. The molecule has 1 aliphatic rings. The predicted octanol–water partition coefficient (Wildman–Crippen LogP) is 2.24. The molecule has 0 N–H and O–H groups in total. The summed E-state index contributed by atoms with van der Waals surface area (Å²) in [6.45, 7) is 8.96. The molecule has 1 aliphatic heterocycles. The quantitative estimate of drug-likeness (QED) is 0.668. The molecular weight excluding hydrogens is 364 g/mol. The fraction of sp³-hybridized carbons (Fsp3) is 0.409. The van der Waals surface area contributed by atoms with Gasteiger partial charge in [0.15, 0.2) is 0 Å². The van der Waals surface area contributed by atoms with Crippen LogP contribution in [0.3, 0.4) is 0 Å². The van der Waals surface area contributed by atoms with Crippen LogP contribution in [-0.2, 0) is 20.1 Å². The topological polar surface area (TPSA) is 59.2 Å². The SMILES string of the molecule is Cc1cc(C)n(Cc2ccc(C(=O)N3CCN(Cc4cnn(C)c4)CC3)cc2)n1. The molecule has 7 heteroatoms. The number of rotatable bonds is 5. The fourth-order valence-corrected chi connectivity index (χ4v) is 3.86. The van der Waals surface area contributed by atoms with E-state index in [9.17, 15) is 4.79 Å². The Bertz CT molecular complexity index is 979. The van der Waals surface area contributed by atoms with Crippen LogP contribution in [0.5, 0.6) is 0 Å². The van der Waals surface area contributed by atoms with Gasteiger partial charge in [-0.1, -0.05) is 12.1 Å². The number of aromatic nitrogens is 4. The summed E-state index contributed by atoms with van der Waals surface area (Å²) in [6, 6.07) is 10.0. The number of amides is 1. The highest BCUT2D eigenvalue weighted by Crippen LogP contribution is 2.14. The van der Waals surface area contributed by atoms with Crippen LogP contribution in [0, 0.1) is 13.8 Å². The number of benzene rings is 1. The molecule has 3 heterocycles. The van der Waals surface area contributed by atoms with E-state index in [1.807, 2.05) is 64.9 Å². The average Bonchev–Trinajstić information content (AvgIpc) is 3.26. The molecule has 0 aliphatic carbocycles. The smallest absolute Gasteiger partial charge is 0.253 e. The van der Waals surface area contributed by atoms with Gasteiger partial charge in [-0.05, 0) is 37.6 Å². The minimum atomic E-state index is 0.115. The lowest BCUT2D eigenvalue weighted by atomic mass is 10.1. The Morgan fingerprint density at radius 2 is 1.72 bits per heavy atom. The van der Waals surface area contributed by atoms with E-state index in [0.717, 1.165) is 61.8 Å². The van der Waals surface area contributed by atoms with Crippen molar-refractivity contribution in [2.45, 2.75) is 26.9 Å². The molecule has 0 bridgehead atoms. The number of piperazine rings is 1. The molecule has 0 radical (unpaired) electrons. The van der Waals surface area contributed by atoms with Gasteiger partial charge in [0.2, 0.25) is 0 Å². The number of hydrogen-bond donors (Lipinski definition) is 0. The normalized spacial score (nSPS) is 15.1. The van der Waals surface area contributed by atoms with Gasteiger partial charge < -0.3 is 4.90 Å². The fourth-order valence-electron chi connectivity index (χ4n) is 3.86. The molecule has 4 rings (SSSR count). The van der Waals surface area contributed by atoms with E-state index in [2.05, 4.69) is 28.1 Å². The van der Waals surface area contributed by atoms with Crippen LogP contribution >= 0.6 is 0 Å². The van der Waals surface area contributed by atoms with Crippen molar-refractivity contribution in [3.8, 4) is 0 Å². The third-order valence-corrected chi connectivity index (χ3v) is 5.46. The molecule has 3 aromatic rings. The van der Waals surface area contributed by atoms with Crippen LogP contribution in [-0.4, -0.2) is 61.4 Å². The van der Waals surface area contributed by atoms with Crippen LogP contribution < -0.4 is 0 Å². The summed E-state index contributed by atoms with van der Waals surface area (Å²) >= 11 is 0. The summed E-state index contributed by atoms with van der Waals surface area (Å²) in [4.78, 5) is 17.2. The van der Waals surface area contributed by atoms with Gasteiger partial charge in [0.05, 0.1) is 18.4 Å². The molecule has 0 atom stereocenters. The highest BCUT2D eigenvalue weighted by Gasteiger charge is 2.22. The van der Waals surface area contributed by atoms with Crippen molar-refractivity contribution in [1.82, 2.24) is 29.4 Å². The van der Waals surface area contributed by atoms with Crippen molar-refractivity contribution in [1.29, 1.82) is 0 Å². The van der Waals surface area contributed by atoms with Crippen LogP contribution in [0.2, 0.25) is 0 Å². The standard InChI is InChI=1S/C22H28N6O/c1-17-12-18(2)28(24-17)16-19-4-6-21(7-5-19)22(29)27-10-8-26(9-11-27)15-20-13-23-25(3)14-20/h4-7,12-14H,8-11,15-16H2,1-3H3. The first-order chi connectivity index (χ1) is 14.0.